The number of carbonyl (C=O) groups excluding carboxylic acids is 2. The smallest absolute Gasteiger partial charge is 0.233 e. The summed E-state index contributed by atoms with van der Waals surface area (Å²) in [7, 11) is 0. The Hall–Kier alpha value is -3.06. The lowest BCUT2D eigenvalue weighted by molar-refractivity contribution is -0.132. The molecule has 32 heavy (non-hydrogen) atoms. The second-order valence-electron chi connectivity index (χ2n) is 8.25. The number of rotatable bonds is 6. The molecule has 0 saturated carbocycles. The summed E-state index contributed by atoms with van der Waals surface area (Å²) in [5.74, 6) is 0.138. The monoisotopic (exact) mass is 448 g/mol. The minimum atomic E-state index is -0.185. The van der Waals surface area contributed by atoms with Crippen LogP contribution in [0.5, 0.6) is 0 Å². The van der Waals surface area contributed by atoms with Gasteiger partial charge in [0.25, 0.3) is 0 Å². The first kappa shape index (κ1) is 22.1. The van der Waals surface area contributed by atoms with Crippen molar-refractivity contribution in [1.29, 1.82) is 0 Å². The second kappa shape index (κ2) is 10.0. The molecule has 6 nitrogen and oxygen atoms in total. The average molecular weight is 449 g/mol. The van der Waals surface area contributed by atoms with E-state index in [2.05, 4.69) is 42.3 Å². The molecule has 0 aliphatic carbocycles. The number of anilines is 1. The summed E-state index contributed by atoms with van der Waals surface area (Å²) in [4.78, 5) is 31.8. The van der Waals surface area contributed by atoms with Crippen LogP contribution in [0.1, 0.15) is 24.0 Å². The van der Waals surface area contributed by atoms with E-state index in [1.165, 1.54) is 22.9 Å². The van der Waals surface area contributed by atoms with Crippen molar-refractivity contribution in [1.82, 2.24) is 14.5 Å². The van der Waals surface area contributed by atoms with Crippen molar-refractivity contribution < 1.29 is 9.59 Å². The Bertz CT molecular complexity index is 1080. The SMILES string of the molecule is Cc1cc(C)cc(-n2ccnc2SCC(=O)N2CCCC(C(=O)Nc3ccccc3)C2)c1. The topological polar surface area (TPSA) is 67.2 Å². The number of piperidine rings is 1. The lowest BCUT2D eigenvalue weighted by atomic mass is 9.97. The lowest BCUT2D eigenvalue weighted by Gasteiger charge is -2.32. The van der Waals surface area contributed by atoms with Crippen molar-refractivity contribution in [3.05, 3.63) is 72.1 Å². The Balaban J connectivity index is 1.35. The van der Waals surface area contributed by atoms with Crippen molar-refractivity contribution in [2.75, 3.05) is 24.2 Å². The Morgan fingerprint density at radius 3 is 2.62 bits per heavy atom. The van der Waals surface area contributed by atoms with Gasteiger partial charge in [-0.15, -0.1) is 0 Å². The molecular formula is C25H28N4O2S. The summed E-state index contributed by atoms with van der Waals surface area (Å²) in [6.07, 6.45) is 5.31. The molecule has 2 heterocycles. The van der Waals surface area contributed by atoms with E-state index < -0.39 is 0 Å². The zero-order valence-corrected chi connectivity index (χ0v) is 19.3. The van der Waals surface area contributed by atoms with Gasteiger partial charge in [0, 0.05) is 36.9 Å². The molecule has 1 aliphatic heterocycles. The summed E-state index contributed by atoms with van der Waals surface area (Å²) in [5, 5.41) is 3.76. The van der Waals surface area contributed by atoms with Crippen LogP contribution in [-0.2, 0) is 9.59 Å². The van der Waals surface area contributed by atoms with Crippen LogP contribution in [0.4, 0.5) is 5.69 Å². The van der Waals surface area contributed by atoms with E-state index in [0.29, 0.717) is 18.8 Å². The van der Waals surface area contributed by atoms with Crippen LogP contribution in [0.15, 0.2) is 66.1 Å². The number of hydrogen-bond donors (Lipinski definition) is 1. The number of hydrogen-bond acceptors (Lipinski definition) is 4. The van der Waals surface area contributed by atoms with Crippen LogP contribution in [0.25, 0.3) is 5.69 Å². The molecule has 0 radical (unpaired) electrons. The van der Waals surface area contributed by atoms with E-state index in [1.807, 2.05) is 46.0 Å². The third-order valence-corrected chi connectivity index (χ3v) is 6.55. The summed E-state index contributed by atoms with van der Waals surface area (Å²) in [6, 6.07) is 15.8. The van der Waals surface area contributed by atoms with E-state index in [4.69, 9.17) is 0 Å². The Kier molecular flexibility index (Phi) is 6.95. The van der Waals surface area contributed by atoms with Crippen LogP contribution in [0.2, 0.25) is 0 Å². The molecule has 1 N–H and O–H groups in total. The van der Waals surface area contributed by atoms with E-state index in [1.54, 1.807) is 6.20 Å². The Morgan fingerprint density at radius 2 is 1.88 bits per heavy atom. The fourth-order valence-electron chi connectivity index (χ4n) is 4.08. The molecule has 0 bridgehead atoms. The van der Waals surface area contributed by atoms with Crippen molar-refractivity contribution in [3.8, 4) is 5.69 Å². The normalized spacial score (nSPS) is 16.1. The van der Waals surface area contributed by atoms with Gasteiger partial charge in [0.15, 0.2) is 5.16 Å². The molecule has 1 fully saturated rings. The predicted octanol–water partition coefficient (Wildman–Crippen LogP) is 4.46. The van der Waals surface area contributed by atoms with Gasteiger partial charge in [-0.2, -0.15) is 0 Å². The number of aromatic nitrogens is 2. The number of nitrogens with zero attached hydrogens (tertiary/aromatic N) is 3. The zero-order valence-electron chi connectivity index (χ0n) is 18.5. The number of para-hydroxylation sites is 1. The fraction of sp³-hybridized carbons (Fsp3) is 0.320. The average Bonchev–Trinajstić information content (AvgIpc) is 3.26. The third-order valence-electron chi connectivity index (χ3n) is 5.60. The van der Waals surface area contributed by atoms with Crippen molar-refractivity contribution in [2.24, 2.45) is 5.92 Å². The number of imidazole rings is 1. The van der Waals surface area contributed by atoms with Crippen molar-refractivity contribution in [2.45, 2.75) is 31.8 Å². The molecule has 2 aromatic carbocycles. The summed E-state index contributed by atoms with van der Waals surface area (Å²) < 4.78 is 2.02. The van der Waals surface area contributed by atoms with Gasteiger partial charge >= 0.3 is 0 Å². The zero-order chi connectivity index (χ0) is 22.5. The lowest BCUT2D eigenvalue weighted by Crippen LogP contribution is -2.44. The maximum atomic E-state index is 12.9. The van der Waals surface area contributed by atoms with Crippen LogP contribution in [0.3, 0.4) is 0 Å². The molecular weight excluding hydrogens is 420 g/mol. The Morgan fingerprint density at radius 1 is 1.12 bits per heavy atom. The molecule has 1 saturated heterocycles. The number of thioether (sulfide) groups is 1. The number of likely N-dealkylation sites (tertiary alicyclic amines) is 1. The molecule has 7 heteroatoms. The quantitative estimate of drug-likeness (QED) is 0.566. The third kappa shape index (κ3) is 5.40. The highest BCUT2D eigenvalue weighted by Crippen LogP contribution is 2.24. The molecule has 2 amide bonds. The minimum absolute atomic E-state index is 0.0216. The number of aryl methyl sites for hydroxylation is 2. The van der Waals surface area contributed by atoms with Gasteiger partial charge in [-0.25, -0.2) is 4.98 Å². The van der Waals surface area contributed by atoms with Crippen LogP contribution in [0, 0.1) is 19.8 Å². The van der Waals surface area contributed by atoms with Gasteiger partial charge in [-0.05, 0) is 62.1 Å². The number of carbonyl (C=O) groups is 2. The molecule has 0 spiro atoms. The van der Waals surface area contributed by atoms with E-state index >= 15 is 0 Å². The highest BCUT2D eigenvalue weighted by atomic mass is 32.2. The Labute approximate surface area is 193 Å². The fourth-order valence-corrected chi connectivity index (χ4v) is 4.96. The maximum absolute atomic E-state index is 12.9. The van der Waals surface area contributed by atoms with Crippen molar-refractivity contribution >= 4 is 29.3 Å². The first-order valence-corrected chi connectivity index (χ1v) is 11.9. The van der Waals surface area contributed by atoms with Gasteiger partial charge in [0.2, 0.25) is 11.8 Å². The molecule has 1 unspecified atom stereocenters. The van der Waals surface area contributed by atoms with Gasteiger partial charge < -0.3 is 10.2 Å². The summed E-state index contributed by atoms with van der Waals surface area (Å²) in [5.41, 5.74) is 4.21. The molecule has 3 aromatic rings. The maximum Gasteiger partial charge on any atom is 0.233 e. The van der Waals surface area contributed by atoms with Gasteiger partial charge in [0.05, 0.1) is 11.7 Å². The van der Waals surface area contributed by atoms with Crippen LogP contribution < -0.4 is 5.32 Å². The second-order valence-corrected chi connectivity index (χ2v) is 9.19. The first-order chi connectivity index (χ1) is 15.5. The number of amides is 2. The molecule has 1 aliphatic rings. The van der Waals surface area contributed by atoms with Gasteiger partial charge in [-0.1, -0.05) is 36.0 Å². The summed E-state index contributed by atoms with van der Waals surface area (Å²) >= 11 is 1.43. The molecule has 4 rings (SSSR count). The number of nitrogens with one attached hydrogen (secondary N) is 1. The molecule has 1 atom stereocenters. The largest absolute Gasteiger partial charge is 0.341 e. The van der Waals surface area contributed by atoms with Crippen LogP contribution in [-0.4, -0.2) is 45.1 Å². The highest BCUT2D eigenvalue weighted by Gasteiger charge is 2.28. The number of benzene rings is 2. The van der Waals surface area contributed by atoms with E-state index in [-0.39, 0.29) is 17.7 Å². The molecule has 1 aromatic heterocycles. The van der Waals surface area contributed by atoms with Gasteiger partial charge in [0.1, 0.15) is 0 Å². The van der Waals surface area contributed by atoms with E-state index in [0.717, 1.165) is 29.4 Å². The van der Waals surface area contributed by atoms with Crippen LogP contribution >= 0.6 is 11.8 Å². The highest BCUT2D eigenvalue weighted by molar-refractivity contribution is 7.99. The summed E-state index contributed by atoms with van der Waals surface area (Å²) in [6.45, 7) is 5.30. The standard InChI is InChI=1S/C25H28N4O2S/c1-18-13-19(2)15-22(14-18)29-12-10-26-25(29)32-17-23(30)28-11-6-7-20(16-28)24(31)27-21-8-4-3-5-9-21/h3-5,8-10,12-15,20H,6-7,11,16-17H2,1-2H3,(H,27,31). The van der Waals surface area contributed by atoms with Gasteiger partial charge in [-0.3, -0.25) is 14.2 Å². The molecule has 166 valence electrons. The van der Waals surface area contributed by atoms with E-state index in [9.17, 15) is 9.59 Å². The predicted molar refractivity (Wildman–Crippen MR) is 128 cm³/mol. The minimum Gasteiger partial charge on any atom is -0.341 e. The first-order valence-electron chi connectivity index (χ1n) is 10.9. The van der Waals surface area contributed by atoms with Crippen molar-refractivity contribution in [3.63, 3.8) is 0 Å².